The third kappa shape index (κ3) is 2.89. The molecule has 4 heteroatoms. The van der Waals surface area contributed by atoms with Gasteiger partial charge in [-0.3, -0.25) is 0 Å². The Balaban J connectivity index is 1.46. The largest absolute Gasteiger partial charge is 0.445 e. The zero-order valence-corrected chi connectivity index (χ0v) is 11.0. The Morgan fingerprint density at radius 3 is 2.95 bits per heavy atom. The van der Waals surface area contributed by atoms with Crippen LogP contribution >= 0.6 is 0 Å². The third-order valence-electron chi connectivity index (χ3n) is 4.22. The SMILES string of the molecule is O=C(NC1CCC2NCCC21)OCc1ccccc1. The van der Waals surface area contributed by atoms with Crippen molar-refractivity contribution < 1.29 is 9.53 Å². The molecule has 4 nitrogen and oxygen atoms in total. The summed E-state index contributed by atoms with van der Waals surface area (Å²) in [4.78, 5) is 11.8. The van der Waals surface area contributed by atoms with E-state index in [-0.39, 0.29) is 12.1 Å². The Labute approximate surface area is 113 Å². The highest BCUT2D eigenvalue weighted by Gasteiger charge is 2.39. The van der Waals surface area contributed by atoms with Gasteiger partial charge >= 0.3 is 6.09 Å². The quantitative estimate of drug-likeness (QED) is 0.874. The van der Waals surface area contributed by atoms with Crippen molar-refractivity contribution in [3.05, 3.63) is 35.9 Å². The van der Waals surface area contributed by atoms with Crippen molar-refractivity contribution in [1.29, 1.82) is 0 Å². The van der Waals surface area contributed by atoms with E-state index >= 15 is 0 Å². The molecule has 2 aliphatic rings. The maximum Gasteiger partial charge on any atom is 0.407 e. The molecule has 0 bridgehead atoms. The fraction of sp³-hybridized carbons (Fsp3) is 0.533. The molecule has 1 amide bonds. The average molecular weight is 260 g/mol. The minimum Gasteiger partial charge on any atom is -0.445 e. The molecule has 0 spiro atoms. The molecule has 19 heavy (non-hydrogen) atoms. The normalized spacial score (nSPS) is 28.9. The van der Waals surface area contributed by atoms with Crippen LogP contribution in [0.1, 0.15) is 24.8 Å². The van der Waals surface area contributed by atoms with Crippen LogP contribution in [0.2, 0.25) is 0 Å². The van der Waals surface area contributed by atoms with Gasteiger partial charge in [0, 0.05) is 12.1 Å². The molecule has 3 unspecified atom stereocenters. The smallest absolute Gasteiger partial charge is 0.407 e. The number of nitrogens with one attached hydrogen (secondary N) is 2. The molecule has 102 valence electrons. The minimum absolute atomic E-state index is 0.281. The van der Waals surface area contributed by atoms with Gasteiger partial charge < -0.3 is 15.4 Å². The highest BCUT2D eigenvalue weighted by molar-refractivity contribution is 5.67. The van der Waals surface area contributed by atoms with Crippen LogP contribution in [0, 0.1) is 5.92 Å². The lowest BCUT2D eigenvalue weighted by Crippen LogP contribution is -2.39. The Morgan fingerprint density at radius 2 is 2.11 bits per heavy atom. The fourth-order valence-corrected chi connectivity index (χ4v) is 3.25. The highest BCUT2D eigenvalue weighted by Crippen LogP contribution is 2.32. The van der Waals surface area contributed by atoms with Crippen LogP contribution in [0.25, 0.3) is 0 Å². The number of ether oxygens (including phenoxy) is 1. The predicted molar refractivity (Wildman–Crippen MR) is 72.7 cm³/mol. The van der Waals surface area contributed by atoms with Crippen molar-refractivity contribution >= 4 is 6.09 Å². The number of alkyl carbamates (subject to hydrolysis) is 1. The van der Waals surface area contributed by atoms with Gasteiger partial charge in [-0.05, 0) is 37.3 Å². The van der Waals surface area contributed by atoms with Gasteiger partial charge in [-0.25, -0.2) is 4.79 Å². The number of carbonyl (C=O) groups excluding carboxylic acids is 1. The summed E-state index contributed by atoms with van der Waals surface area (Å²) in [6.45, 7) is 1.41. The van der Waals surface area contributed by atoms with Crippen LogP contribution in [0.4, 0.5) is 4.79 Å². The van der Waals surface area contributed by atoms with Crippen LogP contribution in [0.5, 0.6) is 0 Å². The second-order valence-electron chi connectivity index (χ2n) is 5.40. The molecule has 1 aromatic carbocycles. The van der Waals surface area contributed by atoms with Crippen LogP contribution in [0.15, 0.2) is 30.3 Å². The molecule has 1 saturated carbocycles. The van der Waals surface area contributed by atoms with Crippen LogP contribution in [-0.2, 0) is 11.3 Å². The van der Waals surface area contributed by atoms with Crippen molar-refractivity contribution in [1.82, 2.24) is 10.6 Å². The summed E-state index contributed by atoms with van der Waals surface area (Å²) in [5.41, 5.74) is 1.02. The van der Waals surface area contributed by atoms with Crippen LogP contribution in [-0.4, -0.2) is 24.7 Å². The van der Waals surface area contributed by atoms with Crippen molar-refractivity contribution in [2.45, 2.75) is 38.0 Å². The van der Waals surface area contributed by atoms with Crippen molar-refractivity contribution in [3.63, 3.8) is 0 Å². The van der Waals surface area contributed by atoms with Crippen LogP contribution in [0.3, 0.4) is 0 Å². The first-order chi connectivity index (χ1) is 9.33. The monoisotopic (exact) mass is 260 g/mol. The zero-order valence-electron chi connectivity index (χ0n) is 11.0. The summed E-state index contributed by atoms with van der Waals surface area (Å²) in [6, 6.07) is 10.6. The average Bonchev–Trinajstić information content (AvgIpc) is 3.03. The van der Waals surface area contributed by atoms with E-state index in [0.29, 0.717) is 18.6 Å². The first-order valence-electron chi connectivity index (χ1n) is 7.03. The predicted octanol–water partition coefficient (Wildman–Crippen LogP) is 2.05. The molecule has 2 N–H and O–H groups in total. The Morgan fingerprint density at radius 1 is 1.26 bits per heavy atom. The van der Waals surface area contributed by atoms with Gasteiger partial charge in [0.15, 0.2) is 0 Å². The van der Waals surface area contributed by atoms with Gasteiger partial charge in [0.05, 0.1) is 0 Å². The van der Waals surface area contributed by atoms with Crippen molar-refractivity contribution in [3.8, 4) is 0 Å². The van der Waals surface area contributed by atoms with Crippen molar-refractivity contribution in [2.24, 2.45) is 5.92 Å². The van der Waals surface area contributed by atoms with E-state index in [1.54, 1.807) is 0 Å². The van der Waals surface area contributed by atoms with Gasteiger partial charge in [-0.15, -0.1) is 0 Å². The first-order valence-corrected chi connectivity index (χ1v) is 7.03. The standard InChI is InChI=1S/C15H20N2O2/c18-15(19-10-11-4-2-1-3-5-11)17-14-7-6-13-12(14)8-9-16-13/h1-5,12-14,16H,6-10H2,(H,17,18). The van der Waals surface area contributed by atoms with E-state index < -0.39 is 0 Å². The number of fused-ring (bicyclic) bond motifs is 1. The zero-order chi connectivity index (χ0) is 13.1. The second-order valence-corrected chi connectivity index (χ2v) is 5.40. The van der Waals surface area contributed by atoms with E-state index in [0.717, 1.165) is 31.4 Å². The molecular formula is C15H20N2O2. The minimum atomic E-state index is -0.290. The number of carbonyl (C=O) groups is 1. The summed E-state index contributed by atoms with van der Waals surface area (Å²) in [6.07, 6.45) is 3.09. The van der Waals surface area contributed by atoms with Crippen LogP contribution < -0.4 is 10.6 Å². The third-order valence-corrected chi connectivity index (χ3v) is 4.22. The van der Waals surface area contributed by atoms with Crippen molar-refractivity contribution in [2.75, 3.05) is 6.54 Å². The number of amides is 1. The molecule has 2 fully saturated rings. The number of hydrogen-bond donors (Lipinski definition) is 2. The molecule has 3 rings (SSSR count). The number of benzene rings is 1. The summed E-state index contributed by atoms with van der Waals surface area (Å²) >= 11 is 0. The van der Waals surface area contributed by atoms with Gasteiger partial charge in [-0.1, -0.05) is 30.3 Å². The Hall–Kier alpha value is -1.55. The molecular weight excluding hydrogens is 240 g/mol. The molecule has 1 aromatic rings. The molecule has 1 aliphatic carbocycles. The van der Waals surface area contributed by atoms with Gasteiger partial charge in [0.25, 0.3) is 0 Å². The number of hydrogen-bond acceptors (Lipinski definition) is 3. The maximum absolute atomic E-state index is 11.8. The van der Waals surface area contributed by atoms with E-state index in [2.05, 4.69) is 10.6 Å². The topological polar surface area (TPSA) is 50.4 Å². The molecule has 0 radical (unpaired) electrons. The summed E-state index contributed by atoms with van der Waals surface area (Å²) in [5.74, 6) is 0.587. The van der Waals surface area contributed by atoms with E-state index in [9.17, 15) is 4.79 Å². The summed E-state index contributed by atoms with van der Waals surface area (Å²) in [5, 5.41) is 6.51. The molecule has 1 aliphatic heterocycles. The maximum atomic E-state index is 11.8. The molecule has 3 atom stereocenters. The van der Waals surface area contributed by atoms with Gasteiger partial charge in [-0.2, -0.15) is 0 Å². The van der Waals surface area contributed by atoms with E-state index in [1.165, 1.54) is 0 Å². The van der Waals surface area contributed by atoms with Gasteiger partial charge in [0.1, 0.15) is 6.61 Å². The van der Waals surface area contributed by atoms with E-state index in [1.807, 2.05) is 30.3 Å². The first kappa shape index (κ1) is 12.5. The summed E-state index contributed by atoms with van der Waals surface area (Å²) < 4.78 is 5.27. The number of rotatable bonds is 3. The van der Waals surface area contributed by atoms with Gasteiger partial charge in [0.2, 0.25) is 0 Å². The second kappa shape index (κ2) is 5.61. The molecule has 1 heterocycles. The fourth-order valence-electron chi connectivity index (χ4n) is 3.25. The summed E-state index contributed by atoms with van der Waals surface area (Å²) in [7, 11) is 0. The molecule has 1 saturated heterocycles. The Bertz CT molecular complexity index is 435. The highest BCUT2D eigenvalue weighted by atomic mass is 16.5. The lowest BCUT2D eigenvalue weighted by molar-refractivity contribution is 0.133. The lowest BCUT2D eigenvalue weighted by atomic mass is 10.0. The Kier molecular flexibility index (Phi) is 3.69. The lowest BCUT2D eigenvalue weighted by Gasteiger charge is -2.19. The van der Waals surface area contributed by atoms with E-state index in [4.69, 9.17) is 4.74 Å². The molecule has 0 aromatic heterocycles.